The largest absolute Gasteiger partial charge is 0.469 e. The quantitative estimate of drug-likeness (QED) is 0.593. The zero-order valence-corrected chi connectivity index (χ0v) is 7.58. The van der Waals surface area contributed by atoms with Gasteiger partial charge in [-0.05, 0) is 6.42 Å². The monoisotopic (exact) mass is 176 g/mol. The second-order valence-electron chi connectivity index (χ2n) is 2.40. The molecule has 0 saturated heterocycles. The van der Waals surface area contributed by atoms with Crippen molar-refractivity contribution in [1.82, 2.24) is 0 Å². The zero-order valence-electron chi connectivity index (χ0n) is 7.58. The lowest BCUT2D eigenvalue weighted by Crippen LogP contribution is -2.19. The first-order valence-electron chi connectivity index (χ1n) is 4.03. The molecule has 0 aromatic rings. The predicted octanol–water partition coefficient (Wildman–Crippen LogP) is 0.337. The standard InChI is InChI=1S/C8H16O4/c1-3-7(12-5-4-9)6-8(10)11-2/h7,9H,3-6H2,1-2H3/t7-/m1/s1. The molecule has 0 aliphatic carbocycles. The minimum Gasteiger partial charge on any atom is -0.469 e. The summed E-state index contributed by atoms with van der Waals surface area (Å²) in [5.74, 6) is -0.278. The summed E-state index contributed by atoms with van der Waals surface area (Å²) in [5, 5.41) is 8.46. The van der Waals surface area contributed by atoms with Gasteiger partial charge in [0.05, 0.1) is 32.8 Å². The molecule has 0 aromatic heterocycles. The van der Waals surface area contributed by atoms with Crippen LogP contribution in [-0.4, -0.2) is 37.5 Å². The Morgan fingerprint density at radius 2 is 2.25 bits per heavy atom. The molecular formula is C8H16O4. The van der Waals surface area contributed by atoms with Crippen molar-refractivity contribution in [2.45, 2.75) is 25.9 Å². The van der Waals surface area contributed by atoms with Crippen molar-refractivity contribution in [3.05, 3.63) is 0 Å². The Labute approximate surface area is 72.5 Å². The Balaban J connectivity index is 3.59. The maximum absolute atomic E-state index is 10.8. The average molecular weight is 176 g/mol. The number of aliphatic hydroxyl groups excluding tert-OH is 1. The van der Waals surface area contributed by atoms with E-state index in [9.17, 15) is 4.79 Å². The Bertz CT molecular complexity index is 124. The van der Waals surface area contributed by atoms with Crippen LogP contribution in [0.1, 0.15) is 19.8 Å². The minimum atomic E-state index is -0.278. The highest BCUT2D eigenvalue weighted by Gasteiger charge is 2.11. The number of hydrogen-bond acceptors (Lipinski definition) is 4. The number of hydrogen-bond donors (Lipinski definition) is 1. The second kappa shape index (κ2) is 7.06. The van der Waals surface area contributed by atoms with E-state index >= 15 is 0 Å². The lowest BCUT2D eigenvalue weighted by molar-refractivity contribution is -0.144. The first kappa shape index (κ1) is 11.4. The van der Waals surface area contributed by atoms with Gasteiger partial charge >= 0.3 is 5.97 Å². The summed E-state index contributed by atoms with van der Waals surface area (Å²) in [6.07, 6.45) is 0.867. The van der Waals surface area contributed by atoms with Crippen LogP contribution in [0.4, 0.5) is 0 Å². The van der Waals surface area contributed by atoms with Gasteiger partial charge in [-0.3, -0.25) is 4.79 Å². The lowest BCUT2D eigenvalue weighted by atomic mass is 10.2. The van der Waals surface area contributed by atoms with Crippen molar-refractivity contribution in [3.8, 4) is 0 Å². The molecule has 1 atom stereocenters. The Morgan fingerprint density at radius 1 is 1.58 bits per heavy atom. The van der Waals surface area contributed by atoms with Crippen molar-refractivity contribution < 1.29 is 19.4 Å². The lowest BCUT2D eigenvalue weighted by Gasteiger charge is -2.13. The third-order valence-electron chi connectivity index (χ3n) is 1.52. The molecule has 72 valence electrons. The van der Waals surface area contributed by atoms with Gasteiger partial charge in [0.2, 0.25) is 0 Å². The summed E-state index contributed by atoms with van der Waals surface area (Å²) < 4.78 is 9.64. The molecule has 0 aliphatic rings. The predicted molar refractivity (Wildman–Crippen MR) is 43.7 cm³/mol. The molecule has 0 heterocycles. The highest BCUT2D eigenvalue weighted by Crippen LogP contribution is 2.03. The molecule has 0 saturated carbocycles. The van der Waals surface area contributed by atoms with Crippen LogP contribution in [0.15, 0.2) is 0 Å². The number of methoxy groups -OCH3 is 1. The van der Waals surface area contributed by atoms with Crippen molar-refractivity contribution in [3.63, 3.8) is 0 Å². The van der Waals surface area contributed by atoms with Crippen LogP contribution in [0, 0.1) is 0 Å². The summed E-state index contributed by atoms with van der Waals surface area (Å²) in [4.78, 5) is 10.8. The van der Waals surface area contributed by atoms with Gasteiger partial charge in [0.15, 0.2) is 0 Å². The molecule has 12 heavy (non-hydrogen) atoms. The molecule has 4 nitrogen and oxygen atoms in total. The molecule has 0 unspecified atom stereocenters. The van der Waals surface area contributed by atoms with E-state index in [1.54, 1.807) is 0 Å². The van der Waals surface area contributed by atoms with E-state index in [0.29, 0.717) is 0 Å². The summed E-state index contributed by atoms with van der Waals surface area (Å²) in [7, 11) is 1.35. The summed E-state index contributed by atoms with van der Waals surface area (Å²) >= 11 is 0. The molecule has 0 aromatic carbocycles. The van der Waals surface area contributed by atoms with E-state index in [-0.39, 0.29) is 31.7 Å². The molecule has 0 aliphatic heterocycles. The van der Waals surface area contributed by atoms with Gasteiger partial charge < -0.3 is 14.6 Å². The number of rotatable bonds is 6. The fraction of sp³-hybridized carbons (Fsp3) is 0.875. The zero-order chi connectivity index (χ0) is 9.40. The maximum Gasteiger partial charge on any atom is 0.308 e. The van der Waals surface area contributed by atoms with E-state index in [2.05, 4.69) is 4.74 Å². The molecule has 0 radical (unpaired) electrons. The first-order valence-corrected chi connectivity index (χ1v) is 4.03. The molecule has 0 fully saturated rings. The van der Waals surface area contributed by atoms with Gasteiger partial charge in [0.1, 0.15) is 0 Å². The minimum absolute atomic E-state index is 0.0162. The van der Waals surface area contributed by atoms with Crippen molar-refractivity contribution in [1.29, 1.82) is 0 Å². The molecule has 0 bridgehead atoms. The van der Waals surface area contributed by atoms with Crippen LogP contribution in [0.5, 0.6) is 0 Å². The van der Waals surface area contributed by atoms with Crippen molar-refractivity contribution in [2.24, 2.45) is 0 Å². The van der Waals surface area contributed by atoms with E-state index in [1.807, 2.05) is 6.92 Å². The summed E-state index contributed by atoms with van der Waals surface area (Å²) in [6, 6.07) is 0. The van der Waals surface area contributed by atoms with Crippen molar-refractivity contribution in [2.75, 3.05) is 20.3 Å². The van der Waals surface area contributed by atoms with Crippen LogP contribution in [0.3, 0.4) is 0 Å². The summed E-state index contributed by atoms with van der Waals surface area (Å²) in [6.45, 7) is 2.18. The third-order valence-corrected chi connectivity index (χ3v) is 1.52. The molecule has 0 amide bonds. The third kappa shape index (κ3) is 5.09. The van der Waals surface area contributed by atoms with Gasteiger partial charge in [-0.2, -0.15) is 0 Å². The van der Waals surface area contributed by atoms with E-state index in [4.69, 9.17) is 9.84 Å². The van der Waals surface area contributed by atoms with Gasteiger partial charge in [-0.25, -0.2) is 0 Å². The van der Waals surface area contributed by atoms with Crippen LogP contribution in [0.25, 0.3) is 0 Å². The number of esters is 1. The molecule has 0 rings (SSSR count). The number of aliphatic hydroxyl groups is 1. The second-order valence-corrected chi connectivity index (χ2v) is 2.40. The number of carbonyl (C=O) groups excluding carboxylic acids is 1. The first-order chi connectivity index (χ1) is 5.74. The maximum atomic E-state index is 10.8. The highest BCUT2D eigenvalue weighted by atomic mass is 16.5. The van der Waals surface area contributed by atoms with Crippen molar-refractivity contribution >= 4 is 5.97 Å². The van der Waals surface area contributed by atoms with Crippen LogP contribution < -0.4 is 0 Å². The van der Waals surface area contributed by atoms with E-state index < -0.39 is 0 Å². The normalized spacial score (nSPS) is 12.6. The Kier molecular flexibility index (Phi) is 6.70. The topological polar surface area (TPSA) is 55.8 Å². The van der Waals surface area contributed by atoms with Gasteiger partial charge in [-0.1, -0.05) is 6.92 Å². The molecule has 1 N–H and O–H groups in total. The Morgan fingerprint density at radius 3 is 2.67 bits per heavy atom. The van der Waals surface area contributed by atoms with Crippen LogP contribution in [0.2, 0.25) is 0 Å². The Hall–Kier alpha value is -0.610. The molecule has 0 spiro atoms. The van der Waals surface area contributed by atoms with E-state index in [0.717, 1.165) is 6.42 Å². The van der Waals surface area contributed by atoms with Crippen LogP contribution in [-0.2, 0) is 14.3 Å². The number of ether oxygens (including phenoxy) is 2. The SMILES string of the molecule is CC[C@H](CC(=O)OC)OCCO. The molecular weight excluding hydrogens is 160 g/mol. The van der Waals surface area contributed by atoms with Gasteiger partial charge in [0.25, 0.3) is 0 Å². The number of carbonyl (C=O) groups is 1. The van der Waals surface area contributed by atoms with Crippen LogP contribution >= 0.6 is 0 Å². The van der Waals surface area contributed by atoms with Gasteiger partial charge in [0, 0.05) is 0 Å². The summed E-state index contributed by atoms with van der Waals surface area (Å²) in [5.41, 5.74) is 0. The van der Waals surface area contributed by atoms with Gasteiger partial charge in [-0.15, -0.1) is 0 Å². The molecule has 4 heteroatoms. The van der Waals surface area contributed by atoms with E-state index in [1.165, 1.54) is 7.11 Å². The highest BCUT2D eigenvalue weighted by molar-refractivity contribution is 5.69. The fourth-order valence-electron chi connectivity index (χ4n) is 0.810. The average Bonchev–Trinajstić information content (AvgIpc) is 2.11. The fourth-order valence-corrected chi connectivity index (χ4v) is 0.810. The smallest absolute Gasteiger partial charge is 0.308 e.